The molecule has 0 saturated heterocycles. The molecule has 3 heteroatoms. The third-order valence-electron chi connectivity index (χ3n) is 5.31. The van der Waals surface area contributed by atoms with Crippen molar-refractivity contribution in [2.24, 2.45) is 0 Å². The van der Waals surface area contributed by atoms with Gasteiger partial charge in [-0.05, 0) is 37.1 Å². The summed E-state index contributed by atoms with van der Waals surface area (Å²) in [6, 6.07) is 13.6. The summed E-state index contributed by atoms with van der Waals surface area (Å²) in [5.74, 6) is 1.05. The highest BCUT2D eigenvalue weighted by atomic mass is 16.5. The Morgan fingerprint density at radius 2 is 2.00 bits per heavy atom. The Morgan fingerprint density at radius 1 is 1.09 bits per heavy atom. The van der Waals surface area contributed by atoms with Gasteiger partial charge in [-0.15, -0.1) is 0 Å². The average molecular weight is 304 g/mol. The zero-order chi connectivity index (χ0) is 15.2. The predicted octanol–water partition coefficient (Wildman–Crippen LogP) is 4.75. The van der Waals surface area contributed by atoms with Crippen LogP contribution in [0.4, 0.5) is 0 Å². The van der Waals surface area contributed by atoms with E-state index in [0.29, 0.717) is 6.04 Å². The lowest BCUT2D eigenvalue weighted by atomic mass is 10.0. The number of nitrogens with zero attached hydrogens (tertiary/aromatic N) is 2. The van der Waals surface area contributed by atoms with E-state index in [1.54, 1.807) is 0 Å². The van der Waals surface area contributed by atoms with Gasteiger partial charge in [0.15, 0.2) is 0 Å². The normalized spacial score (nSPS) is 17.6. The largest absolute Gasteiger partial charge is 0.493 e. The van der Waals surface area contributed by atoms with E-state index in [4.69, 9.17) is 9.72 Å². The molecule has 0 spiro atoms. The fourth-order valence-corrected chi connectivity index (χ4v) is 4.26. The first-order chi connectivity index (χ1) is 11.4. The van der Waals surface area contributed by atoms with Crippen molar-refractivity contribution < 1.29 is 4.74 Å². The van der Waals surface area contributed by atoms with Gasteiger partial charge in [0.1, 0.15) is 11.4 Å². The van der Waals surface area contributed by atoms with Crippen molar-refractivity contribution in [1.82, 2.24) is 9.55 Å². The third-order valence-corrected chi connectivity index (χ3v) is 5.31. The van der Waals surface area contributed by atoms with Gasteiger partial charge in [-0.1, -0.05) is 25.0 Å². The molecule has 3 aromatic rings. The van der Waals surface area contributed by atoms with E-state index in [0.717, 1.165) is 24.4 Å². The monoisotopic (exact) mass is 304 g/mol. The van der Waals surface area contributed by atoms with Crippen LogP contribution in [0.2, 0.25) is 0 Å². The number of benzene rings is 1. The van der Waals surface area contributed by atoms with Gasteiger partial charge in [-0.2, -0.15) is 0 Å². The van der Waals surface area contributed by atoms with Crippen LogP contribution in [0.5, 0.6) is 5.75 Å². The Hall–Kier alpha value is -2.29. The molecule has 0 radical (unpaired) electrons. The number of ether oxygens (including phenoxy) is 1. The molecule has 0 atom stereocenters. The SMILES string of the molecule is c1cc2c(c(-c3cc4cccnc4n3C3CCCC3)c1)CCO2. The first-order valence-electron chi connectivity index (χ1n) is 8.63. The minimum Gasteiger partial charge on any atom is -0.493 e. The van der Waals surface area contributed by atoms with Crippen LogP contribution < -0.4 is 4.74 Å². The summed E-state index contributed by atoms with van der Waals surface area (Å²) in [7, 11) is 0. The third kappa shape index (κ3) is 1.99. The van der Waals surface area contributed by atoms with E-state index < -0.39 is 0 Å². The molecule has 0 amide bonds. The Bertz CT molecular complexity index is 874. The molecule has 2 aromatic heterocycles. The van der Waals surface area contributed by atoms with Gasteiger partial charge in [0.25, 0.3) is 0 Å². The number of hydrogen-bond donors (Lipinski definition) is 0. The van der Waals surface area contributed by atoms with Crippen LogP contribution in [0, 0.1) is 0 Å². The van der Waals surface area contributed by atoms with Crippen molar-refractivity contribution in [3.8, 4) is 17.0 Å². The fourth-order valence-electron chi connectivity index (χ4n) is 4.26. The second-order valence-corrected chi connectivity index (χ2v) is 6.63. The number of pyridine rings is 1. The smallest absolute Gasteiger partial charge is 0.140 e. The molecular weight excluding hydrogens is 284 g/mol. The second kappa shape index (κ2) is 5.12. The maximum absolute atomic E-state index is 5.78. The first kappa shape index (κ1) is 13.2. The van der Waals surface area contributed by atoms with E-state index >= 15 is 0 Å². The van der Waals surface area contributed by atoms with Gasteiger partial charge in [0.2, 0.25) is 0 Å². The van der Waals surface area contributed by atoms with E-state index in [-0.39, 0.29) is 0 Å². The predicted molar refractivity (Wildman–Crippen MR) is 91.9 cm³/mol. The molecule has 0 unspecified atom stereocenters. The molecule has 2 aliphatic rings. The van der Waals surface area contributed by atoms with Crippen LogP contribution >= 0.6 is 0 Å². The van der Waals surface area contributed by atoms with Gasteiger partial charge in [0.05, 0.1) is 12.3 Å². The van der Waals surface area contributed by atoms with Crippen LogP contribution in [0.15, 0.2) is 42.6 Å². The first-order valence-corrected chi connectivity index (χ1v) is 8.63. The highest BCUT2D eigenvalue weighted by molar-refractivity contribution is 5.85. The average Bonchev–Trinajstić information content (AvgIpc) is 3.32. The molecule has 5 rings (SSSR count). The van der Waals surface area contributed by atoms with Crippen LogP contribution in [-0.2, 0) is 6.42 Å². The Labute approximate surface area is 135 Å². The molecule has 1 aliphatic heterocycles. The van der Waals surface area contributed by atoms with Crippen LogP contribution in [0.1, 0.15) is 37.3 Å². The Kier molecular flexibility index (Phi) is 2.93. The van der Waals surface area contributed by atoms with Crippen molar-refractivity contribution in [2.45, 2.75) is 38.1 Å². The number of aromatic nitrogens is 2. The van der Waals surface area contributed by atoms with Gasteiger partial charge in [-0.25, -0.2) is 4.98 Å². The van der Waals surface area contributed by atoms with Gasteiger partial charge < -0.3 is 9.30 Å². The molecule has 1 aliphatic carbocycles. The van der Waals surface area contributed by atoms with Crippen LogP contribution in [0.3, 0.4) is 0 Å². The quantitative estimate of drug-likeness (QED) is 0.683. The van der Waals surface area contributed by atoms with Crippen LogP contribution in [-0.4, -0.2) is 16.2 Å². The minimum absolute atomic E-state index is 0.579. The molecule has 1 fully saturated rings. The van der Waals surface area contributed by atoms with Crippen molar-refractivity contribution in [3.05, 3.63) is 48.2 Å². The molecule has 3 nitrogen and oxygen atoms in total. The lowest BCUT2D eigenvalue weighted by Gasteiger charge is -2.18. The summed E-state index contributed by atoms with van der Waals surface area (Å²) in [5, 5.41) is 1.24. The molecule has 0 bridgehead atoms. The molecule has 3 heterocycles. The lowest BCUT2D eigenvalue weighted by Crippen LogP contribution is -2.07. The van der Waals surface area contributed by atoms with Gasteiger partial charge in [-0.3, -0.25) is 0 Å². The molecule has 1 saturated carbocycles. The number of rotatable bonds is 2. The van der Waals surface area contributed by atoms with Gasteiger partial charge in [0, 0.05) is 35.2 Å². The highest BCUT2D eigenvalue weighted by Crippen LogP contribution is 2.41. The second-order valence-electron chi connectivity index (χ2n) is 6.63. The standard InChI is InChI=1S/C20H20N2O/c1-2-7-15(6-1)22-18(13-14-5-4-11-21-20(14)22)16-8-3-9-19-17(16)10-12-23-19/h3-5,8-9,11,13,15H,1-2,6-7,10,12H2. The number of hydrogen-bond acceptors (Lipinski definition) is 2. The Balaban J connectivity index is 1.78. The fraction of sp³-hybridized carbons (Fsp3) is 0.350. The minimum atomic E-state index is 0.579. The summed E-state index contributed by atoms with van der Waals surface area (Å²) in [6.45, 7) is 0.800. The van der Waals surface area contributed by atoms with Crippen LogP contribution in [0.25, 0.3) is 22.3 Å². The Morgan fingerprint density at radius 3 is 2.91 bits per heavy atom. The maximum atomic E-state index is 5.78. The topological polar surface area (TPSA) is 27.1 Å². The molecule has 1 aromatic carbocycles. The van der Waals surface area contributed by atoms with Crippen molar-refractivity contribution in [2.75, 3.05) is 6.61 Å². The zero-order valence-corrected chi connectivity index (χ0v) is 13.2. The highest BCUT2D eigenvalue weighted by Gasteiger charge is 2.25. The van der Waals surface area contributed by atoms with Crippen molar-refractivity contribution in [1.29, 1.82) is 0 Å². The lowest BCUT2D eigenvalue weighted by molar-refractivity contribution is 0.357. The summed E-state index contributed by atoms with van der Waals surface area (Å²) in [4.78, 5) is 4.70. The van der Waals surface area contributed by atoms with E-state index in [9.17, 15) is 0 Å². The molecule has 23 heavy (non-hydrogen) atoms. The molecule has 0 N–H and O–H groups in total. The molecule has 116 valence electrons. The summed E-state index contributed by atoms with van der Waals surface area (Å²) in [5.41, 5.74) is 5.12. The zero-order valence-electron chi connectivity index (χ0n) is 13.2. The van der Waals surface area contributed by atoms with E-state index in [2.05, 4.69) is 34.9 Å². The van der Waals surface area contributed by atoms with Crippen molar-refractivity contribution in [3.63, 3.8) is 0 Å². The molecular formula is C20H20N2O. The number of fused-ring (bicyclic) bond motifs is 2. The van der Waals surface area contributed by atoms with Gasteiger partial charge >= 0.3 is 0 Å². The maximum Gasteiger partial charge on any atom is 0.140 e. The van der Waals surface area contributed by atoms with Crippen molar-refractivity contribution >= 4 is 11.0 Å². The van der Waals surface area contributed by atoms with E-state index in [1.807, 2.05) is 12.3 Å². The summed E-state index contributed by atoms with van der Waals surface area (Å²) < 4.78 is 8.27. The summed E-state index contributed by atoms with van der Waals surface area (Å²) >= 11 is 0. The summed E-state index contributed by atoms with van der Waals surface area (Å²) in [6.07, 6.45) is 8.10. The van der Waals surface area contributed by atoms with E-state index in [1.165, 1.54) is 47.9 Å².